The molecule has 4 N–H and O–H groups in total. The van der Waals surface area contributed by atoms with Gasteiger partial charge in [0.15, 0.2) is 11.6 Å². The number of ether oxygens (including phenoxy) is 1. The maximum atomic E-state index is 13.6. The Labute approximate surface area is 112 Å². The molecule has 0 aliphatic carbocycles. The van der Waals surface area contributed by atoms with Crippen LogP contribution in [0, 0.1) is 5.82 Å². The van der Waals surface area contributed by atoms with Gasteiger partial charge in [0.2, 0.25) is 5.91 Å². The Morgan fingerprint density at radius 3 is 2.84 bits per heavy atom. The molecule has 0 heterocycles. The molecule has 0 aromatic heterocycles. The van der Waals surface area contributed by atoms with Crippen LogP contribution in [-0.4, -0.2) is 26.1 Å². The van der Waals surface area contributed by atoms with Crippen molar-refractivity contribution in [3.8, 4) is 5.75 Å². The van der Waals surface area contributed by atoms with Gasteiger partial charge in [-0.05, 0) is 6.42 Å². The van der Waals surface area contributed by atoms with Gasteiger partial charge in [-0.2, -0.15) is 0 Å². The molecule has 0 saturated heterocycles. The first-order valence-corrected chi connectivity index (χ1v) is 6.24. The van der Waals surface area contributed by atoms with E-state index in [9.17, 15) is 9.18 Å². The third-order valence-electron chi connectivity index (χ3n) is 2.51. The smallest absolute Gasteiger partial charge is 0.221 e. The lowest BCUT2D eigenvalue weighted by Gasteiger charge is -2.12. The van der Waals surface area contributed by atoms with Gasteiger partial charge in [-0.25, -0.2) is 4.39 Å². The molecule has 0 bridgehead atoms. The Bertz CT molecular complexity index is 438. The van der Waals surface area contributed by atoms with E-state index in [1.165, 1.54) is 12.1 Å². The van der Waals surface area contributed by atoms with E-state index in [2.05, 4.69) is 10.6 Å². The third-order valence-corrected chi connectivity index (χ3v) is 2.51. The van der Waals surface area contributed by atoms with Gasteiger partial charge in [0.1, 0.15) is 0 Å². The van der Waals surface area contributed by atoms with E-state index in [0.717, 1.165) is 6.42 Å². The number of nitrogens with two attached hydrogens (primary N) is 1. The minimum atomic E-state index is -0.484. The molecule has 1 aromatic rings. The zero-order valence-corrected chi connectivity index (χ0v) is 11.3. The Hall–Kier alpha value is -1.98. The highest BCUT2D eigenvalue weighted by Crippen LogP contribution is 2.28. The largest absolute Gasteiger partial charge is 0.490 e. The summed E-state index contributed by atoms with van der Waals surface area (Å²) in [6.45, 7) is 2.80. The molecule has 0 fully saturated rings. The molecule has 106 valence electrons. The molecule has 19 heavy (non-hydrogen) atoms. The summed E-state index contributed by atoms with van der Waals surface area (Å²) in [5.74, 6) is -0.392. The van der Waals surface area contributed by atoms with Crippen molar-refractivity contribution in [3.63, 3.8) is 0 Å². The molecule has 6 heteroatoms. The Balaban J connectivity index is 2.68. The summed E-state index contributed by atoms with van der Waals surface area (Å²) in [6.07, 6.45) is 1.11. The minimum Gasteiger partial charge on any atom is -0.490 e. The molecule has 0 spiro atoms. The average molecular weight is 269 g/mol. The van der Waals surface area contributed by atoms with Crippen LogP contribution in [0.3, 0.4) is 0 Å². The standard InChI is InChI=1S/C13H20FN3O2/c1-3-6-19-12-8-11(10(15)7-9(12)14)17-5-4-13(18)16-2/h7-8,17H,3-6,15H2,1-2H3,(H,16,18). The highest BCUT2D eigenvalue weighted by Gasteiger charge is 2.09. The van der Waals surface area contributed by atoms with E-state index < -0.39 is 5.82 Å². The fraction of sp³-hybridized carbons (Fsp3) is 0.462. The number of rotatable bonds is 7. The second-order valence-corrected chi connectivity index (χ2v) is 4.07. The van der Waals surface area contributed by atoms with E-state index in [4.69, 9.17) is 10.5 Å². The van der Waals surface area contributed by atoms with Crippen molar-refractivity contribution in [3.05, 3.63) is 17.9 Å². The van der Waals surface area contributed by atoms with Crippen molar-refractivity contribution in [2.45, 2.75) is 19.8 Å². The molecule has 1 amide bonds. The van der Waals surface area contributed by atoms with Crippen LogP contribution >= 0.6 is 0 Å². The van der Waals surface area contributed by atoms with Crippen molar-refractivity contribution in [2.75, 3.05) is 31.2 Å². The first-order valence-electron chi connectivity index (χ1n) is 6.24. The topological polar surface area (TPSA) is 76.4 Å². The van der Waals surface area contributed by atoms with Crippen LogP contribution in [0.25, 0.3) is 0 Å². The minimum absolute atomic E-state index is 0.0735. The van der Waals surface area contributed by atoms with Gasteiger partial charge in [-0.1, -0.05) is 6.92 Å². The van der Waals surface area contributed by atoms with Gasteiger partial charge in [-0.3, -0.25) is 4.79 Å². The molecule has 0 atom stereocenters. The van der Waals surface area contributed by atoms with Gasteiger partial charge in [0.25, 0.3) is 0 Å². The van der Waals surface area contributed by atoms with Crippen LogP contribution in [0.15, 0.2) is 12.1 Å². The number of nitrogens with one attached hydrogen (secondary N) is 2. The predicted octanol–water partition coefficient (Wildman–Crippen LogP) is 1.74. The molecule has 0 aliphatic rings. The first kappa shape index (κ1) is 15.1. The number of carbonyl (C=O) groups is 1. The number of nitrogen functional groups attached to an aromatic ring is 1. The molecule has 0 radical (unpaired) electrons. The van der Waals surface area contributed by atoms with Crippen LogP contribution in [0.4, 0.5) is 15.8 Å². The number of hydrogen-bond acceptors (Lipinski definition) is 4. The van der Waals surface area contributed by atoms with E-state index in [1.807, 2.05) is 6.92 Å². The van der Waals surface area contributed by atoms with Gasteiger partial charge >= 0.3 is 0 Å². The van der Waals surface area contributed by atoms with Crippen molar-refractivity contribution in [1.29, 1.82) is 0 Å². The quantitative estimate of drug-likeness (QED) is 0.659. The Kier molecular flexibility index (Phi) is 5.92. The number of amides is 1. The lowest BCUT2D eigenvalue weighted by atomic mass is 10.2. The fourth-order valence-electron chi connectivity index (χ4n) is 1.48. The van der Waals surface area contributed by atoms with Gasteiger partial charge in [-0.15, -0.1) is 0 Å². The Morgan fingerprint density at radius 1 is 1.47 bits per heavy atom. The van der Waals surface area contributed by atoms with Gasteiger partial charge in [0.05, 0.1) is 18.0 Å². The first-order chi connectivity index (χ1) is 9.08. The maximum absolute atomic E-state index is 13.6. The van der Waals surface area contributed by atoms with Crippen LogP contribution in [0.5, 0.6) is 5.75 Å². The van der Waals surface area contributed by atoms with Gasteiger partial charge in [0, 0.05) is 32.1 Å². The summed E-state index contributed by atoms with van der Waals surface area (Å²) < 4.78 is 18.8. The molecule has 5 nitrogen and oxygen atoms in total. The third kappa shape index (κ3) is 4.65. The number of hydrogen-bond donors (Lipinski definition) is 3. The number of anilines is 2. The SMILES string of the molecule is CCCOc1cc(NCCC(=O)NC)c(N)cc1F. The van der Waals surface area contributed by atoms with Crippen LogP contribution < -0.4 is 21.1 Å². The summed E-state index contributed by atoms with van der Waals surface area (Å²) in [4.78, 5) is 11.1. The van der Waals surface area contributed by atoms with Crippen molar-refractivity contribution in [2.24, 2.45) is 0 Å². The van der Waals surface area contributed by atoms with E-state index >= 15 is 0 Å². The molecule has 0 aliphatic heterocycles. The predicted molar refractivity (Wildman–Crippen MR) is 73.8 cm³/mol. The maximum Gasteiger partial charge on any atom is 0.221 e. The highest BCUT2D eigenvalue weighted by atomic mass is 19.1. The van der Waals surface area contributed by atoms with E-state index in [1.54, 1.807) is 7.05 Å². The lowest BCUT2D eigenvalue weighted by Crippen LogP contribution is -2.21. The number of carbonyl (C=O) groups excluding carboxylic acids is 1. The molecular formula is C13H20FN3O2. The summed E-state index contributed by atoms with van der Waals surface area (Å²) in [7, 11) is 1.57. The monoisotopic (exact) mass is 269 g/mol. The second kappa shape index (κ2) is 7.45. The zero-order chi connectivity index (χ0) is 14.3. The average Bonchev–Trinajstić information content (AvgIpc) is 2.39. The fourth-order valence-corrected chi connectivity index (χ4v) is 1.48. The zero-order valence-electron chi connectivity index (χ0n) is 11.3. The molecule has 1 rings (SSSR count). The summed E-state index contributed by atoms with van der Waals surface area (Å²) >= 11 is 0. The van der Waals surface area contributed by atoms with Gasteiger partial charge < -0.3 is 21.1 Å². The van der Waals surface area contributed by atoms with Crippen molar-refractivity contribution in [1.82, 2.24) is 5.32 Å². The molecular weight excluding hydrogens is 249 g/mol. The Morgan fingerprint density at radius 2 is 2.21 bits per heavy atom. The lowest BCUT2D eigenvalue weighted by molar-refractivity contribution is -0.120. The summed E-state index contributed by atoms with van der Waals surface area (Å²) in [6, 6.07) is 2.73. The van der Waals surface area contributed by atoms with E-state index in [-0.39, 0.29) is 11.7 Å². The normalized spacial score (nSPS) is 10.1. The highest BCUT2D eigenvalue weighted by molar-refractivity contribution is 5.76. The molecule has 0 unspecified atom stereocenters. The molecule has 1 aromatic carbocycles. The number of halogens is 1. The van der Waals surface area contributed by atoms with Crippen LogP contribution in [-0.2, 0) is 4.79 Å². The molecule has 0 saturated carbocycles. The van der Waals surface area contributed by atoms with E-state index in [0.29, 0.717) is 30.9 Å². The van der Waals surface area contributed by atoms with Crippen LogP contribution in [0.1, 0.15) is 19.8 Å². The van der Waals surface area contributed by atoms with Crippen molar-refractivity contribution >= 4 is 17.3 Å². The van der Waals surface area contributed by atoms with Crippen LogP contribution in [0.2, 0.25) is 0 Å². The van der Waals surface area contributed by atoms with Crippen molar-refractivity contribution < 1.29 is 13.9 Å². The summed E-state index contributed by atoms with van der Waals surface area (Å²) in [5.41, 5.74) is 6.57. The summed E-state index contributed by atoms with van der Waals surface area (Å²) in [5, 5.41) is 5.51. The number of benzene rings is 1. The second-order valence-electron chi connectivity index (χ2n) is 4.07.